The molecule has 1 unspecified atom stereocenters. The lowest BCUT2D eigenvalue weighted by molar-refractivity contribution is -0.0728. The first-order valence-electron chi connectivity index (χ1n) is 9.69. The molecule has 1 aromatic carbocycles. The number of aliphatic hydroxyl groups is 1. The molecule has 29 heavy (non-hydrogen) atoms. The molecule has 0 saturated carbocycles. The van der Waals surface area contributed by atoms with Gasteiger partial charge in [0.15, 0.2) is 0 Å². The van der Waals surface area contributed by atoms with E-state index in [1.807, 2.05) is 24.3 Å². The van der Waals surface area contributed by atoms with Crippen LogP contribution in [0.5, 0.6) is 0 Å². The fourth-order valence-corrected chi connectivity index (χ4v) is 4.05. The highest BCUT2D eigenvalue weighted by Crippen LogP contribution is 2.46. The molecule has 0 bridgehead atoms. The van der Waals surface area contributed by atoms with Gasteiger partial charge in [-0.25, -0.2) is 4.39 Å². The van der Waals surface area contributed by atoms with Crippen molar-refractivity contribution < 1.29 is 9.50 Å². The number of rotatable bonds is 6. The van der Waals surface area contributed by atoms with Gasteiger partial charge in [-0.3, -0.25) is 14.9 Å². The summed E-state index contributed by atoms with van der Waals surface area (Å²) in [7, 11) is 4.12. The zero-order chi connectivity index (χ0) is 20.4. The number of likely N-dealkylation sites (tertiary alicyclic amines) is 1. The van der Waals surface area contributed by atoms with E-state index in [9.17, 15) is 9.50 Å². The largest absolute Gasteiger partial charge is 0.378 e. The van der Waals surface area contributed by atoms with E-state index in [4.69, 9.17) is 0 Å². The molecule has 1 fully saturated rings. The molecular weight excluding hydrogens is 367 g/mol. The Morgan fingerprint density at radius 1 is 1.00 bits per heavy atom. The fourth-order valence-electron chi connectivity index (χ4n) is 4.05. The molecule has 1 aliphatic heterocycles. The van der Waals surface area contributed by atoms with Crippen LogP contribution >= 0.6 is 0 Å². The van der Waals surface area contributed by atoms with Gasteiger partial charge in [0, 0.05) is 55.0 Å². The normalized spacial score (nSPS) is 16.6. The predicted octanol–water partition coefficient (Wildman–Crippen LogP) is 2.84. The number of nitrogens with zero attached hydrogens (tertiary/aromatic N) is 4. The maximum absolute atomic E-state index is 13.7. The fraction of sp³-hybridized carbons (Fsp3) is 0.304. The molecule has 1 atom stereocenters. The van der Waals surface area contributed by atoms with Crippen molar-refractivity contribution in [3.63, 3.8) is 0 Å². The average Bonchev–Trinajstić information content (AvgIpc) is 2.71. The minimum Gasteiger partial charge on any atom is -0.378 e. The first-order chi connectivity index (χ1) is 14.0. The molecule has 150 valence electrons. The van der Waals surface area contributed by atoms with Crippen molar-refractivity contribution in [3.8, 4) is 0 Å². The van der Waals surface area contributed by atoms with Gasteiger partial charge < -0.3 is 10.0 Å². The summed E-state index contributed by atoms with van der Waals surface area (Å²) in [4.78, 5) is 12.9. The first kappa shape index (κ1) is 19.6. The van der Waals surface area contributed by atoms with Gasteiger partial charge in [-0.15, -0.1) is 0 Å². The predicted molar refractivity (Wildman–Crippen MR) is 110 cm³/mol. The van der Waals surface area contributed by atoms with Crippen LogP contribution in [-0.4, -0.2) is 58.1 Å². The van der Waals surface area contributed by atoms with Crippen LogP contribution in [0.1, 0.15) is 22.7 Å². The Morgan fingerprint density at radius 3 is 2.00 bits per heavy atom. The Balaban J connectivity index is 1.86. The lowest BCUT2D eigenvalue weighted by Crippen LogP contribution is -2.61. The van der Waals surface area contributed by atoms with Crippen LogP contribution < -0.4 is 0 Å². The van der Waals surface area contributed by atoms with Crippen LogP contribution in [0.3, 0.4) is 0 Å². The van der Waals surface area contributed by atoms with E-state index < -0.39 is 11.6 Å². The highest BCUT2D eigenvalue weighted by molar-refractivity contribution is 5.40. The highest BCUT2D eigenvalue weighted by atomic mass is 19.1. The van der Waals surface area contributed by atoms with E-state index in [0.717, 1.165) is 18.7 Å². The minimum atomic E-state index is -1.39. The summed E-state index contributed by atoms with van der Waals surface area (Å²) in [6.45, 7) is 1.61. The zero-order valence-corrected chi connectivity index (χ0v) is 16.6. The highest BCUT2D eigenvalue weighted by Gasteiger charge is 2.48. The lowest BCUT2D eigenvalue weighted by Gasteiger charge is -2.52. The van der Waals surface area contributed by atoms with Gasteiger partial charge in [0.05, 0.1) is 6.04 Å². The third kappa shape index (κ3) is 3.67. The van der Waals surface area contributed by atoms with Crippen molar-refractivity contribution in [1.29, 1.82) is 0 Å². The molecule has 4 rings (SSSR count). The van der Waals surface area contributed by atoms with Gasteiger partial charge in [-0.1, -0.05) is 24.3 Å². The molecule has 1 saturated heterocycles. The van der Waals surface area contributed by atoms with Gasteiger partial charge in [-0.05, 0) is 43.9 Å². The third-order valence-electron chi connectivity index (χ3n) is 5.77. The van der Waals surface area contributed by atoms with E-state index in [1.165, 1.54) is 12.1 Å². The van der Waals surface area contributed by atoms with Crippen molar-refractivity contribution in [2.75, 3.05) is 27.2 Å². The number of pyridine rings is 2. The van der Waals surface area contributed by atoms with Crippen molar-refractivity contribution in [3.05, 3.63) is 95.8 Å². The lowest BCUT2D eigenvalue weighted by atomic mass is 9.76. The smallest absolute Gasteiger partial charge is 0.137 e. The standard InChI is InChI=1S/C23H25FN4O/c1-27(2)21-15-28(16-21)22(17-7-9-20(24)10-8-17)23(29,18-5-3-11-25-13-18)19-6-4-12-26-14-19/h3-14,21-22,29H,15-16H2,1-2H3. The van der Waals surface area contributed by atoms with Gasteiger partial charge in [0.25, 0.3) is 0 Å². The van der Waals surface area contributed by atoms with E-state index in [2.05, 4.69) is 33.9 Å². The first-order valence-corrected chi connectivity index (χ1v) is 9.69. The van der Waals surface area contributed by atoms with Crippen molar-refractivity contribution in [1.82, 2.24) is 19.8 Å². The summed E-state index contributed by atoms with van der Waals surface area (Å²) in [6.07, 6.45) is 6.75. The number of hydrogen-bond acceptors (Lipinski definition) is 5. The Morgan fingerprint density at radius 2 is 1.55 bits per heavy atom. The van der Waals surface area contributed by atoms with E-state index in [-0.39, 0.29) is 5.82 Å². The monoisotopic (exact) mass is 392 g/mol. The summed E-state index contributed by atoms with van der Waals surface area (Å²) < 4.78 is 13.7. The maximum Gasteiger partial charge on any atom is 0.137 e. The molecule has 5 nitrogen and oxygen atoms in total. The van der Waals surface area contributed by atoms with Crippen molar-refractivity contribution in [2.24, 2.45) is 0 Å². The third-order valence-corrected chi connectivity index (χ3v) is 5.77. The SMILES string of the molecule is CN(C)C1CN(C(c2ccc(F)cc2)C(O)(c2cccnc2)c2cccnc2)C1. The summed E-state index contributed by atoms with van der Waals surface area (Å²) >= 11 is 0. The average molecular weight is 392 g/mol. The molecule has 0 spiro atoms. The Bertz CT molecular complexity index is 889. The Labute approximate surface area is 170 Å². The summed E-state index contributed by atoms with van der Waals surface area (Å²) in [5, 5.41) is 12.3. The van der Waals surface area contributed by atoms with Gasteiger partial charge in [0.1, 0.15) is 11.4 Å². The molecule has 3 aromatic rings. The molecule has 6 heteroatoms. The molecule has 3 heterocycles. The summed E-state index contributed by atoms with van der Waals surface area (Å²) in [6, 6.07) is 13.8. The van der Waals surface area contributed by atoms with Crippen molar-refractivity contribution in [2.45, 2.75) is 17.7 Å². The van der Waals surface area contributed by atoms with Gasteiger partial charge >= 0.3 is 0 Å². The minimum absolute atomic E-state index is 0.298. The number of halogens is 1. The van der Waals surface area contributed by atoms with Crippen molar-refractivity contribution >= 4 is 0 Å². The van der Waals surface area contributed by atoms with Crippen LogP contribution in [-0.2, 0) is 5.60 Å². The molecular formula is C23H25FN4O. The molecule has 0 amide bonds. The van der Waals surface area contributed by atoms with Gasteiger partial charge in [0.2, 0.25) is 0 Å². The van der Waals surface area contributed by atoms with Crippen LogP contribution in [0.2, 0.25) is 0 Å². The Hall–Kier alpha value is -2.67. The van der Waals surface area contributed by atoms with Crippen LogP contribution in [0.4, 0.5) is 4.39 Å². The number of benzene rings is 1. The second kappa shape index (κ2) is 7.99. The topological polar surface area (TPSA) is 52.5 Å². The second-order valence-electron chi connectivity index (χ2n) is 7.78. The van der Waals surface area contributed by atoms with Crippen LogP contribution in [0.15, 0.2) is 73.3 Å². The zero-order valence-electron chi connectivity index (χ0n) is 16.6. The molecule has 1 N–H and O–H groups in total. The molecule has 0 aliphatic carbocycles. The molecule has 2 aromatic heterocycles. The van der Waals surface area contributed by atoms with E-state index in [0.29, 0.717) is 17.2 Å². The summed E-state index contributed by atoms with van der Waals surface area (Å²) in [5.41, 5.74) is 0.808. The Kier molecular flexibility index (Phi) is 5.41. The summed E-state index contributed by atoms with van der Waals surface area (Å²) in [5.74, 6) is -0.298. The number of aromatic nitrogens is 2. The van der Waals surface area contributed by atoms with E-state index in [1.54, 1.807) is 36.9 Å². The van der Waals surface area contributed by atoms with Crippen LogP contribution in [0.25, 0.3) is 0 Å². The number of hydrogen-bond donors (Lipinski definition) is 1. The second-order valence-corrected chi connectivity index (χ2v) is 7.78. The van der Waals surface area contributed by atoms with E-state index >= 15 is 0 Å². The molecule has 1 aliphatic rings. The molecule has 0 radical (unpaired) electrons. The van der Waals surface area contributed by atoms with Gasteiger partial charge in [-0.2, -0.15) is 0 Å². The maximum atomic E-state index is 13.7. The van der Waals surface area contributed by atoms with Crippen LogP contribution in [0, 0.1) is 5.82 Å². The number of likely N-dealkylation sites (N-methyl/N-ethyl adjacent to an activating group) is 1. The quantitative estimate of drug-likeness (QED) is 0.699.